The molecule has 2 fully saturated rings. The van der Waals surface area contributed by atoms with Gasteiger partial charge in [0.1, 0.15) is 17.1 Å². The molecule has 35 heavy (non-hydrogen) atoms. The number of imidazole rings is 1. The van der Waals surface area contributed by atoms with E-state index in [-0.39, 0.29) is 35.6 Å². The molecule has 0 aliphatic heterocycles. The number of carbonyl (C=O) groups excluding carboxylic acids is 2. The largest absolute Gasteiger partial charge is 0.383 e. The lowest BCUT2D eigenvalue weighted by atomic mass is 9.86. The summed E-state index contributed by atoms with van der Waals surface area (Å²) >= 11 is 5.78. The first-order valence-electron chi connectivity index (χ1n) is 11.7. The van der Waals surface area contributed by atoms with Gasteiger partial charge in [-0.2, -0.15) is 8.78 Å². The summed E-state index contributed by atoms with van der Waals surface area (Å²) in [5, 5.41) is 13.1. The Hall–Kier alpha value is -2.39. The number of anilines is 1. The molecule has 1 amide bonds. The van der Waals surface area contributed by atoms with E-state index in [1.54, 1.807) is 11.6 Å². The van der Waals surface area contributed by atoms with Crippen molar-refractivity contribution in [2.45, 2.75) is 70.3 Å². The van der Waals surface area contributed by atoms with Gasteiger partial charge in [0.15, 0.2) is 0 Å². The number of amides is 1. The number of hydrogen-bond donors (Lipinski definition) is 2. The number of carbonyl (C=O) groups is 2. The summed E-state index contributed by atoms with van der Waals surface area (Å²) in [7, 11) is 1.67. The third-order valence-corrected chi connectivity index (χ3v) is 7.10. The number of benzene rings is 1. The van der Waals surface area contributed by atoms with Gasteiger partial charge < -0.3 is 15.0 Å². The fraction of sp³-hybridized carbons (Fsp3) is 0.560. The Balaban J connectivity index is 0.00000108. The number of alkyl halides is 2. The van der Waals surface area contributed by atoms with Crippen molar-refractivity contribution in [1.29, 1.82) is 0 Å². The maximum absolute atomic E-state index is 14.3. The topological polar surface area (TPSA) is 84.2 Å². The molecule has 2 unspecified atom stereocenters. The van der Waals surface area contributed by atoms with Crippen LogP contribution in [0.2, 0.25) is 5.02 Å². The normalized spacial score (nSPS) is 25.6. The number of rotatable bonds is 5. The molecule has 192 valence electrons. The van der Waals surface area contributed by atoms with Crippen LogP contribution < -0.4 is 5.32 Å². The van der Waals surface area contributed by atoms with Crippen molar-refractivity contribution in [3.63, 3.8) is 0 Å². The molecule has 10 heteroatoms. The molecule has 2 aliphatic rings. The minimum atomic E-state index is -3.78. The van der Waals surface area contributed by atoms with Crippen molar-refractivity contribution in [2.75, 3.05) is 5.32 Å². The highest BCUT2D eigenvalue weighted by atomic mass is 35.5. The van der Waals surface area contributed by atoms with Gasteiger partial charge in [0, 0.05) is 25.6 Å². The van der Waals surface area contributed by atoms with E-state index >= 15 is 0 Å². The number of fused-ring (bicyclic) bond motifs is 1. The van der Waals surface area contributed by atoms with Gasteiger partial charge in [-0.15, -0.1) is 0 Å². The second-order valence-electron chi connectivity index (χ2n) is 9.64. The fourth-order valence-electron chi connectivity index (χ4n) is 5.26. The van der Waals surface area contributed by atoms with E-state index in [2.05, 4.69) is 24.1 Å². The molecule has 2 atom stereocenters. The van der Waals surface area contributed by atoms with Crippen molar-refractivity contribution in [1.82, 2.24) is 9.55 Å². The van der Waals surface area contributed by atoms with Gasteiger partial charge in [-0.05, 0) is 55.7 Å². The average Bonchev–Trinajstić information content (AvgIpc) is 3.42. The number of Topliss-reactive ketones (excluding diaryl/α,β-unsaturated/α-hetero) is 1. The van der Waals surface area contributed by atoms with Crippen LogP contribution in [0.5, 0.6) is 0 Å². The van der Waals surface area contributed by atoms with E-state index < -0.39 is 29.0 Å². The van der Waals surface area contributed by atoms with E-state index in [1.807, 2.05) is 0 Å². The molecule has 0 radical (unpaired) electrons. The number of ketones is 1. The average molecular weight is 514 g/mol. The number of hydrogen-bond acceptors (Lipinski definition) is 4. The van der Waals surface area contributed by atoms with Crippen molar-refractivity contribution in [3.8, 4) is 0 Å². The molecule has 1 heterocycles. The van der Waals surface area contributed by atoms with Crippen LogP contribution in [-0.4, -0.2) is 37.9 Å². The van der Waals surface area contributed by atoms with Gasteiger partial charge >= 0.3 is 5.92 Å². The highest BCUT2D eigenvalue weighted by molar-refractivity contribution is 6.31. The second-order valence-corrected chi connectivity index (χ2v) is 10.0. The first kappa shape index (κ1) is 27.2. The quantitative estimate of drug-likeness (QED) is 0.534. The molecule has 2 aliphatic carbocycles. The highest BCUT2D eigenvalue weighted by Crippen LogP contribution is 2.57. The van der Waals surface area contributed by atoms with E-state index in [0.717, 1.165) is 13.0 Å². The van der Waals surface area contributed by atoms with E-state index in [4.69, 9.17) is 11.6 Å². The summed E-state index contributed by atoms with van der Waals surface area (Å²) in [4.78, 5) is 28.7. The summed E-state index contributed by atoms with van der Waals surface area (Å²) in [6.45, 7) is 5.04. The molecule has 0 spiro atoms. The lowest BCUT2D eigenvalue weighted by molar-refractivity contribution is -0.188. The molecule has 0 saturated heterocycles. The number of nitrogens with zero attached hydrogens (tertiary/aromatic N) is 2. The zero-order chi connectivity index (χ0) is 26.1. The Labute approximate surface area is 207 Å². The molecule has 4 rings (SSSR count). The van der Waals surface area contributed by atoms with Crippen molar-refractivity contribution in [2.24, 2.45) is 18.9 Å². The number of aryl methyl sites for hydroxylation is 1. The van der Waals surface area contributed by atoms with Crippen LogP contribution in [0.3, 0.4) is 0 Å². The number of halogens is 4. The van der Waals surface area contributed by atoms with Crippen LogP contribution in [0.25, 0.3) is 0 Å². The molecule has 0 bridgehead atoms. The van der Waals surface area contributed by atoms with Crippen LogP contribution in [0.4, 0.5) is 18.9 Å². The molecule has 2 saturated carbocycles. The molecule has 2 aromatic rings. The van der Waals surface area contributed by atoms with Gasteiger partial charge in [0.05, 0.1) is 17.0 Å². The van der Waals surface area contributed by atoms with Gasteiger partial charge in [-0.1, -0.05) is 31.9 Å². The Kier molecular flexibility index (Phi) is 8.01. The summed E-state index contributed by atoms with van der Waals surface area (Å²) < 4.78 is 43.5. The standard InChI is InChI=1S/C22H23ClF3N3O3.C3H8/c1-11(30)22(25,26)21(32)8-13-5-12(6-14(13)9-21)18-19(29(2)10-27-18)20(31)28-15-3-4-17(24)16(23)7-15;1-3-2/h3-4,7,10,12-14,32H,5-6,8-9H2,1-2H3,(H,28,31);3H2,1-2H3. The van der Waals surface area contributed by atoms with Gasteiger partial charge in [0.25, 0.3) is 5.91 Å². The monoisotopic (exact) mass is 513 g/mol. The molecule has 1 aromatic carbocycles. The second kappa shape index (κ2) is 10.3. The van der Waals surface area contributed by atoms with Gasteiger partial charge in [0.2, 0.25) is 5.78 Å². The van der Waals surface area contributed by atoms with E-state index in [1.165, 1.54) is 24.9 Å². The Morgan fingerprint density at radius 2 is 1.83 bits per heavy atom. The van der Waals surface area contributed by atoms with E-state index in [0.29, 0.717) is 29.9 Å². The number of nitrogens with one attached hydrogen (secondary N) is 1. The zero-order valence-electron chi connectivity index (χ0n) is 20.2. The summed E-state index contributed by atoms with van der Waals surface area (Å²) in [5.74, 6) is -6.68. The summed E-state index contributed by atoms with van der Waals surface area (Å²) in [6, 6.07) is 3.85. The highest BCUT2D eigenvalue weighted by Gasteiger charge is 2.63. The number of aromatic nitrogens is 2. The molecule has 6 nitrogen and oxygen atoms in total. The smallest absolute Gasteiger partial charge is 0.332 e. The minimum absolute atomic E-state index is 0.119. The van der Waals surface area contributed by atoms with Gasteiger partial charge in [-0.3, -0.25) is 9.59 Å². The van der Waals surface area contributed by atoms with E-state index in [9.17, 15) is 27.9 Å². The zero-order valence-corrected chi connectivity index (χ0v) is 21.0. The Morgan fingerprint density at radius 3 is 2.34 bits per heavy atom. The predicted octanol–water partition coefficient (Wildman–Crippen LogP) is 5.74. The SMILES string of the molecule is CC(=O)C(F)(F)C1(O)CC2CC(c3ncn(C)c3C(=O)Nc3ccc(F)c(Cl)c3)CC2C1.CCC. The van der Waals surface area contributed by atoms with Crippen LogP contribution in [0.15, 0.2) is 24.5 Å². The molecule has 1 aromatic heterocycles. The van der Waals surface area contributed by atoms with Crippen molar-refractivity contribution < 1.29 is 27.9 Å². The van der Waals surface area contributed by atoms with Crippen LogP contribution in [-0.2, 0) is 11.8 Å². The third kappa shape index (κ3) is 5.26. The first-order valence-corrected chi connectivity index (χ1v) is 12.1. The van der Waals surface area contributed by atoms with Gasteiger partial charge in [-0.25, -0.2) is 9.37 Å². The lowest BCUT2D eigenvalue weighted by Gasteiger charge is -2.31. The fourth-order valence-corrected chi connectivity index (χ4v) is 5.44. The molecule has 2 N–H and O–H groups in total. The minimum Gasteiger partial charge on any atom is -0.383 e. The van der Waals surface area contributed by atoms with Crippen LogP contribution in [0.1, 0.15) is 75.0 Å². The third-order valence-electron chi connectivity index (χ3n) is 6.81. The number of aliphatic hydroxyl groups is 1. The Morgan fingerprint density at radius 1 is 1.26 bits per heavy atom. The van der Waals surface area contributed by atoms with Crippen LogP contribution >= 0.6 is 11.6 Å². The molecular weight excluding hydrogens is 483 g/mol. The Bertz CT molecular complexity index is 1090. The maximum atomic E-state index is 14.3. The molecular formula is C25H31ClF3N3O3. The maximum Gasteiger partial charge on any atom is 0.332 e. The summed E-state index contributed by atoms with van der Waals surface area (Å²) in [6.07, 6.45) is 3.41. The first-order chi connectivity index (χ1) is 16.3. The predicted molar refractivity (Wildman–Crippen MR) is 127 cm³/mol. The lowest BCUT2D eigenvalue weighted by Crippen LogP contribution is -2.51. The van der Waals surface area contributed by atoms with Crippen LogP contribution in [0, 0.1) is 17.7 Å². The van der Waals surface area contributed by atoms with Crippen molar-refractivity contribution >= 4 is 29.0 Å². The van der Waals surface area contributed by atoms with Crippen molar-refractivity contribution in [3.05, 3.63) is 46.8 Å². The summed E-state index contributed by atoms with van der Waals surface area (Å²) in [5.41, 5.74) is -1.13.